The summed E-state index contributed by atoms with van der Waals surface area (Å²) >= 11 is 8.45. The quantitative estimate of drug-likeness (QED) is 0.0584. The minimum Gasteiger partial charge on any atom is -0.431 e. The molecule has 0 bridgehead atoms. The number of aromatic nitrogens is 4. The van der Waals surface area contributed by atoms with Crippen LogP contribution in [0.25, 0.3) is 22.2 Å². The minimum atomic E-state index is -4.50. The number of oxazole rings is 2. The number of halogens is 7. The molecule has 14 nitrogen and oxygen atoms in total. The van der Waals surface area contributed by atoms with Gasteiger partial charge in [-0.25, -0.2) is 19.9 Å². The van der Waals surface area contributed by atoms with E-state index in [1.807, 2.05) is 51.0 Å². The summed E-state index contributed by atoms with van der Waals surface area (Å²) in [5, 5.41) is 8.38. The van der Waals surface area contributed by atoms with Gasteiger partial charge >= 0.3 is 12.4 Å². The monoisotopic (exact) mass is 1180 g/mol. The Labute approximate surface area is 462 Å². The first kappa shape index (κ1) is 59.1. The fourth-order valence-corrected chi connectivity index (χ4v) is 13.1. The van der Waals surface area contributed by atoms with Gasteiger partial charge in [-0.05, 0) is 87.4 Å². The Balaban J connectivity index is 0.00000820. The van der Waals surface area contributed by atoms with E-state index in [2.05, 4.69) is 40.2 Å². The molecule has 0 radical (unpaired) electrons. The van der Waals surface area contributed by atoms with Crippen LogP contribution in [0.3, 0.4) is 0 Å². The van der Waals surface area contributed by atoms with E-state index in [0.29, 0.717) is 98.4 Å². The van der Waals surface area contributed by atoms with Gasteiger partial charge in [0, 0.05) is 98.1 Å². The molecule has 75 heavy (non-hydrogen) atoms. The number of rotatable bonds is 19. The summed E-state index contributed by atoms with van der Waals surface area (Å²) in [5.41, 5.74) is 1.98. The first-order valence-corrected chi connectivity index (χ1v) is 30.2. The van der Waals surface area contributed by atoms with Crippen molar-refractivity contribution in [1.29, 1.82) is 0 Å². The molecule has 27 heteroatoms. The zero-order valence-corrected chi connectivity index (χ0v) is 47.3. The van der Waals surface area contributed by atoms with Gasteiger partial charge in [-0.3, -0.25) is 29.2 Å². The molecule has 4 aromatic heterocycles. The zero-order valence-electron chi connectivity index (χ0n) is 41.6. The maximum absolute atomic E-state index is 15.4. The lowest BCUT2D eigenvalue weighted by molar-refractivity contribution is -0.138. The smallest absolute Gasteiger partial charge is 0.416 e. The van der Waals surface area contributed by atoms with Crippen LogP contribution in [0.5, 0.6) is 0 Å². The number of hydrogen-bond acceptors (Lipinski definition) is 18. The van der Waals surface area contributed by atoms with Gasteiger partial charge in [0.2, 0.25) is 11.8 Å². The van der Waals surface area contributed by atoms with Gasteiger partial charge in [0.05, 0.1) is 22.5 Å². The molecule has 406 valence electrons. The van der Waals surface area contributed by atoms with E-state index < -0.39 is 35.6 Å². The minimum absolute atomic E-state index is 0. The van der Waals surface area contributed by atoms with Crippen LogP contribution in [-0.2, 0) is 21.9 Å². The molecule has 0 aliphatic carbocycles. The molecule has 2 saturated heterocycles. The predicted molar refractivity (Wildman–Crippen MR) is 293 cm³/mol. The highest BCUT2D eigenvalue weighted by Gasteiger charge is 2.44. The molecular weight excluding hydrogens is 1120 g/mol. The summed E-state index contributed by atoms with van der Waals surface area (Å²) in [6, 6.07) is 8.37. The van der Waals surface area contributed by atoms with Crippen LogP contribution in [0, 0.1) is 13.8 Å². The Morgan fingerprint density at radius 1 is 0.573 bits per heavy atom. The predicted octanol–water partition coefficient (Wildman–Crippen LogP) is 10.9. The third kappa shape index (κ3) is 14.6. The fourth-order valence-electron chi connectivity index (χ4n) is 8.83. The van der Waals surface area contributed by atoms with E-state index >= 15 is 9.59 Å². The second kappa shape index (κ2) is 25.9. The third-order valence-corrected chi connectivity index (χ3v) is 17.1. The van der Waals surface area contributed by atoms with Crippen molar-refractivity contribution in [3.05, 3.63) is 71.0 Å². The number of hydrogen-bond donors (Lipinski definition) is 2. The number of pyridine rings is 2. The molecule has 2 amide bonds. The summed E-state index contributed by atoms with van der Waals surface area (Å²) in [6.45, 7) is 9.02. The molecule has 2 aliphatic heterocycles. The lowest BCUT2D eigenvalue weighted by Gasteiger charge is -2.46. The maximum Gasteiger partial charge on any atom is 0.416 e. The van der Waals surface area contributed by atoms with Crippen molar-refractivity contribution in [2.24, 2.45) is 0 Å². The Hall–Kier alpha value is -3.57. The standard InChI is InChI=1S/C48H54F6N10O4S6.ClH/c1-27-23-35(69-3)37(43(55-27)71-5)59-41(65)39(63-15-11-61(12-16-63)19-21-73-45-57-31-25-29(47(49,50)51)7-9-33(31)67-45)40(42(66)60-38-36(70-4)24-28(2)56-44(38)72-6)64-17-13-62(14-18-64)20-22-74-46-58-32-26-30(48(52,53)54)8-10-34(32)68-46;/h7-10,23-26,39-40H,11-22H2,1-6H3,(H,59,65)(H,60,66);1H. The topological polar surface area (TPSA) is 149 Å². The van der Waals surface area contributed by atoms with Gasteiger partial charge < -0.3 is 19.5 Å². The molecule has 2 aromatic carbocycles. The van der Waals surface area contributed by atoms with Crippen LogP contribution in [0.4, 0.5) is 37.7 Å². The lowest BCUT2D eigenvalue weighted by Crippen LogP contribution is -2.66. The van der Waals surface area contributed by atoms with Gasteiger partial charge in [0.25, 0.3) is 10.4 Å². The normalized spacial score (nSPS) is 16.3. The van der Waals surface area contributed by atoms with E-state index in [1.54, 1.807) is 0 Å². The Kier molecular flexibility index (Phi) is 20.4. The number of thioether (sulfide) groups is 6. The van der Waals surface area contributed by atoms with E-state index in [1.165, 1.54) is 82.7 Å². The Morgan fingerprint density at radius 2 is 0.947 bits per heavy atom. The number of nitrogens with zero attached hydrogens (tertiary/aromatic N) is 8. The Morgan fingerprint density at radius 3 is 1.28 bits per heavy atom. The third-order valence-electron chi connectivity index (χ3n) is 12.6. The molecule has 0 spiro atoms. The Bertz CT molecular complexity index is 2710. The van der Waals surface area contributed by atoms with Crippen molar-refractivity contribution in [2.45, 2.75) is 68.6 Å². The van der Waals surface area contributed by atoms with Crippen LogP contribution >= 0.6 is 83.0 Å². The summed E-state index contributed by atoms with van der Waals surface area (Å²) < 4.78 is 91.7. The summed E-state index contributed by atoms with van der Waals surface area (Å²) in [7, 11) is 0. The molecule has 8 rings (SSSR count). The first-order valence-electron chi connectivity index (χ1n) is 23.3. The van der Waals surface area contributed by atoms with Crippen molar-refractivity contribution >= 4 is 128 Å². The molecule has 6 aromatic rings. The summed E-state index contributed by atoms with van der Waals surface area (Å²) in [4.78, 5) is 59.2. The van der Waals surface area contributed by atoms with Crippen LogP contribution in [0.15, 0.2) is 87.7 Å². The number of carbonyl (C=O) groups excluding carboxylic acids is 2. The number of amides is 2. The molecule has 2 aliphatic rings. The summed E-state index contributed by atoms with van der Waals surface area (Å²) in [5.74, 6) is 0.381. The van der Waals surface area contributed by atoms with E-state index in [4.69, 9.17) is 18.8 Å². The van der Waals surface area contributed by atoms with Crippen LogP contribution in [-0.4, -0.2) is 165 Å². The van der Waals surface area contributed by atoms with Gasteiger partial charge in [0.1, 0.15) is 33.2 Å². The number of aryl methyl sites for hydroxylation is 2. The van der Waals surface area contributed by atoms with Crippen molar-refractivity contribution in [2.75, 3.05) is 113 Å². The van der Waals surface area contributed by atoms with Crippen molar-refractivity contribution in [3.8, 4) is 0 Å². The number of piperazine rings is 2. The summed E-state index contributed by atoms with van der Waals surface area (Å²) in [6.07, 6.45) is -1.31. The molecule has 2 unspecified atom stereocenters. The first-order chi connectivity index (χ1) is 35.3. The highest BCUT2D eigenvalue weighted by Crippen LogP contribution is 2.38. The lowest BCUT2D eigenvalue weighted by atomic mass is 9.99. The van der Waals surface area contributed by atoms with E-state index in [9.17, 15) is 26.3 Å². The number of benzene rings is 2. The molecule has 0 saturated carbocycles. The molecule has 2 N–H and O–H groups in total. The maximum atomic E-state index is 15.4. The van der Waals surface area contributed by atoms with Crippen LogP contribution in [0.2, 0.25) is 0 Å². The second-order valence-electron chi connectivity index (χ2n) is 17.3. The highest BCUT2D eigenvalue weighted by molar-refractivity contribution is 8.00. The fraction of sp³-hybridized carbons (Fsp3) is 0.458. The molecular formula is C48H55ClF6N10O4S6. The van der Waals surface area contributed by atoms with Crippen LogP contribution in [0.1, 0.15) is 22.5 Å². The zero-order chi connectivity index (χ0) is 52.9. The van der Waals surface area contributed by atoms with Crippen molar-refractivity contribution < 1.29 is 44.8 Å². The number of nitrogens with one attached hydrogen (secondary N) is 2. The molecule has 2 atom stereocenters. The molecule has 6 heterocycles. The van der Waals surface area contributed by atoms with Gasteiger partial charge in [-0.1, -0.05) is 23.5 Å². The van der Waals surface area contributed by atoms with Gasteiger partial charge in [-0.2, -0.15) is 26.3 Å². The number of fused-ring (bicyclic) bond motifs is 2. The van der Waals surface area contributed by atoms with Crippen LogP contribution < -0.4 is 10.6 Å². The molecule has 2 fully saturated rings. The van der Waals surface area contributed by atoms with E-state index in [-0.39, 0.29) is 56.9 Å². The largest absolute Gasteiger partial charge is 0.431 e. The van der Waals surface area contributed by atoms with E-state index in [0.717, 1.165) is 45.4 Å². The highest BCUT2D eigenvalue weighted by atomic mass is 35.5. The average Bonchev–Trinajstić information content (AvgIpc) is 3.99. The van der Waals surface area contributed by atoms with Crippen molar-refractivity contribution in [3.63, 3.8) is 0 Å². The number of carbonyl (C=O) groups is 2. The number of alkyl halides is 6. The van der Waals surface area contributed by atoms with Crippen molar-refractivity contribution in [1.82, 2.24) is 39.5 Å². The van der Waals surface area contributed by atoms with Gasteiger partial charge in [-0.15, -0.1) is 59.5 Å². The average molecular weight is 1180 g/mol. The number of anilines is 2. The van der Waals surface area contributed by atoms with Gasteiger partial charge in [0.15, 0.2) is 11.2 Å². The second-order valence-corrected chi connectivity index (χ2v) is 22.7. The SMILES string of the molecule is CSc1cc(C)nc(SC)c1NC(=O)C(C(C(=O)Nc1c(SC)cc(C)nc1SC)N1CCN(CCSc2nc3cc(C(F)(F)F)ccc3o2)CC1)N1CCN(CCSc2nc3cc(C(F)(F)F)ccc3o2)CC1.Cl.